The van der Waals surface area contributed by atoms with Crippen molar-refractivity contribution >= 4 is 5.84 Å². The Balaban J connectivity index is 2.55. The molecule has 0 aliphatic rings. The molecule has 0 unspecified atom stereocenters. The molecule has 0 aliphatic carbocycles. The van der Waals surface area contributed by atoms with Crippen LogP contribution in [-0.4, -0.2) is 10.8 Å². The number of aromatic nitrogens is 1. The highest BCUT2D eigenvalue weighted by atomic mass is 15.2. The average Bonchev–Trinajstić information content (AvgIpc) is 2.39. The molecule has 0 spiro atoms. The van der Waals surface area contributed by atoms with Gasteiger partial charge in [-0.3, -0.25) is 4.98 Å². The number of hydrogen-bond donors (Lipinski definition) is 2. The maximum Gasteiger partial charge on any atom is 0.150 e. The van der Waals surface area contributed by atoms with Crippen LogP contribution in [0.4, 0.5) is 0 Å². The summed E-state index contributed by atoms with van der Waals surface area (Å²) in [4.78, 5) is 4.37. The summed E-state index contributed by atoms with van der Waals surface area (Å²) in [5.74, 6) is 5.53. The van der Waals surface area contributed by atoms with Crippen molar-refractivity contribution in [1.29, 1.82) is 0 Å². The number of aryl methyl sites for hydroxylation is 1. The van der Waals surface area contributed by atoms with Gasteiger partial charge in [0.05, 0.1) is 5.69 Å². The molecule has 0 bridgehead atoms. The Bertz CT molecular complexity index is 544. The minimum Gasteiger partial charge on any atom is -0.382 e. The zero-order valence-corrected chi connectivity index (χ0v) is 9.59. The summed E-state index contributed by atoms with van der Waals surface area (Å²) < 4.78 is 0. The van der Waals surface area contributed by atoms with Crippen LogP contribution in [0.2, 0.25) is 0 Å². The van der Waals surface area contributed by atoms with Gasteiger partial charge in [0, 0.05) is 17.3 Å². The summed E-state index contributed by atoms with van der Waals surface area (Å²) in [5, 5.41) is 3.53. The normalized spacial score (nSPS) is 11.5. The number of hydrazone groups is 1. The predicted molar refractivity (Wildman–Crippen MR) is 69.3 cm³/mol. The topological polar surface area (TPSA) is 77.3 Å². The standard InChI is InChI=1S/C13H14N4/c1-9-6-7-12(16-8-9)10-4-2-3-5-11(10)13(14)17-15/h2-8H,15H2,1H3,(H2,14,17). The minimum absolute atomic E-state index is 0.308. The van der Waals surface area contributed by atoms with Crippen LogP contribution < -0.4 is 11.6 Å². The van der Waals surface area contributed by atoms with Gasteiger partial charge < -0.3 is 11.6 Å². The molecule has 0 radical (unpaired) electrons. The molecule has 2 rings (SSSR count). The summed E-state index contributed by atoms with van der Waals surface area (Å²) >= 11 is 0. The largest absolute Gasteiger partial charge is 0.382 e. The molecule has 86 valence electrons. The summed E-state index contributed by atoms with van der Waals surface area (Å²) in [5.41, 5.74) is 9.46. The Morgan fingerprint density at radius 2 is 1.94 bits per heavy atom. The highest BCUT2D eigenvalue weighted by Gasteiger charge is 2.08. The highest BCUT2D eigenvalue weighted by molar-refractivity contribution is 6.02. The van der Waals surface area contributed by atoms with Gasteiger partial charge in [-0.2, -0.15) is 5.10 Å². The second kappa shape index (κ2) is 4.65. The van der Waals surface area contributed by atoms with Crippen molar-refractivity contribution in [3.8, 4) is 11.3 Å². The van der Waals surface area contributed by atoms with E-state index in [1.165, 1.54) is 0 Å². The lowest BCUT2D eigenvalue weighted by Crippen LogP contribution is -2.16. The predicted octanol–water partition coefficient (Wildman–Crippen LogP) is 1.64. The molecule has 1 aromatic heterocycles. The van der Waals surface area contributed by atoms with Gasteiger partial charge in [0.1, 0.15) is 0 Å². The van der Waals surface area contributed by atoms with Crippen LogP contribution in [0.15, 0.2) is 47.7 Å². The van der Waals surface area contributed by atoms with E-state index < -0.39 is 0 Å². The Morgan fingerprint density at radius 3 is 2.59 bits per heavy atom. The molecule has 17 heavy (non-hydrogen) atoms. The van der Waals surface area contributed by atoms with Crippen molar-refractivity contribution in [1.82, 2.24) is 4.98 Å². The second-order valence-corrected chi connectivity index (χ2v) is 3.78. The van der Waals surface area contributed by atoms with Gasteiger partial charge in [0.2, 0.25) is 0 Å². The third-order valence-corrected chi connectivity index (χ3v) is 2.53. The van der Waals surface area contributed by atoms with E-state index in [9.17, 15) is 0 Å². The fraction of sp³-hybridized carbons (Fsp3) is 0.0769. The Hall–Kier alpha value is -2.36. The number of rotatable bonds is 2. The number of hydrogen-bond acceptors (Lipinski definition) is 3. The van der Waals surface area contributed by atoms with Gasteiger partial charge in [-0.05, 0) is 18.6 Å². The number of nitrogens with two attached hydrogens (primary N) is 2. The molecule has 4 N–H and O–H groups in total. The van der Waals surface area contributed by atoms with E-state index in [4.69, 9.17) is 11.6 Å². The van der Waals surface area contributed by atoms with Gasteiger partial charge in [-0.1, -0.05) is 30.3 Å². The lowest BCUT2D eigenvalue weighted by Gasteiger charge is -2.07. The molecule has 2 aromatic rings. The third kappa shape index (κ3) is 2.25. The molecular weight excluding hydrogens is 212 g/mol. The van der Waals surface area contributed by atoms with Crippen molar-refractivity contribution in [3.63, 3.8) is 0 Å². The Labute approximate surface area is 100.0 Å². The van der Waals surface area contributed by atoms with E-state index in [1.807, 2.05) is 49.5 Å². The van der Waals surface area contributed by atoms with Crippen LogP contribution in [0.3, 0.4) is 0 Å². The van der Waals surface area contributed by atoms with Crippen molar-refractivity contribution in [2.45, 2.75) is 6.92 Å². The van der Waals surface area contributed by atoms with Gasteiger partial charge in [-0.15, -0.1) is 0 Å². The van der Waals surface area contributed by atoms with Crippen LogP contribution in [0.1, 0.15) is 11.1 Å². The van der Waals surface area contributed by atoms with Crippen LogP contribution >= 0.6 is 0 Å². The number of nitrogens with zero attached hydrogens (tertiary/aromatic N) is 2. The SMILES string of the molecule is Cc1ccc(-c2ccccc2/C(N)=N/N)nc1. The van der Waals surface area contributed by atoms with E-state index in [2.05, 4.69) is 10.1 Å². The number of amidine groups is 1. The first-order valence-electron chi connectivity index (χ1n) is 5.28. The first kappa shape index (κ1) is 11.1. The number of pyridine rings is 1. The fourth-order valence-electron chi connectivity index (χ4n) is 1.63. The van der Waals surface area contributed by atoms with E-state index in [1.54, 1.807) is 0 Å². The second-order valence-electron chi connectivity index (χ2n) is 3.78. The molecule has 0 atom stereocenters. The average molecular weight is 226 g/mol. The van der Waals surface area contributed by atoms with Gasteiger partial charge in [0.25, 0.3) is 0 Å². The Kier molecular flexibility index (Phi) is 3.05. The summed E-state index contributed by atoms with van der Waals surface area (Å²) in [6.45, 7) is 2.00. The summed E-state index contributed by atoms with van der Waals surface area (Å²) in [6, 6.07) is 11.6. The third-order valence-electron chi connectivity index (χ3n) is 2.53. The van der Waals surface area contributed by atoms with Gasteiger partial charge in [-0.25, -0.2) is 0 Å². The molecule has 4 nitrogen and oxygen atoms in total. The number of benzene rings is 1. The first-order valence-corrected chi connectivity index (χ1v) is 5.28. The van der Waals surface area contributed by atoms with E-state index in [0.29, 0.717) is 5.84 Å². The molecule has 1 heterocycles. The fourth-order valence-corrected chi connectivity index (χ4v) is 1.63. The minimum atomic E-state index is 0.308. The van der Waals surface area contributed by atoms with Crippen LogP contribution in [-0.2, 0) is 0 Å². The zero-order chi connectivity index (χ0) is 12.3. The lowest BCUT2D eigenvalue weighted by atomic mass is 10.0. The molecule has 1 aromatic carbocycles. The van der Waals surface area contributed by atoms with Crippen LogP contribution in [0.5, 0.6) is 0 Å². The monoisotopic (exact) mass is 226 g/mol. The molecule has 0 aliphatic heterocycles. The van der Waals surface area contributed by atoms with E-state index in [-0.39, 0.29) is 0 Å². The van der Waals surface area contributed by atoms with Crippen molar-refractivity contribution in [2.24, 2.45) is 16.7 Å². The Morgan fingerprint density at radius 1 is 1.18 bits per heavy atom. The lowest BCUT2D eigenvalue weighted by molar-refractivity contribution is 1.22. The van der Waals surface area contributed by atoms with Crippen molar-refractivity contribution in [2.75, 3.05) is 0 Å². The van der Waals surface area contributed by atoms with E-state index in [0.717, 1.165) is 22.4 Å². The zero-order valence-electron chi connectivity index (χ0n) is 9.59. The molecule has 0 saturated carbocycles. The van der Waals surface area contributed by atoms with Gasteiger partial charge in [0.15, 0.2) is 5.84 Å². The smallest absolute Gasteiger partial charge is 0.150 e. The van der Waals surface area contributed by atoms with Gasteiger partial charge >= 0.3 is 0 Å². The molecule has 0 fully saturated rings. The molecule has 4 heteroatoms. The van der Waals surface area contributed by atoms with E-state index >= 15 is 0 Å². The van der Waals surface area contributed by atoms with Crippen LogP contribution in [0, 0.1) is 6.92 Å². The van der Waals surface area contributed by atoms with Crippen molar-refractivity contribution < 1.29 is 0 Å². The van der Waals surface area contributed by atoms with Crippen molar-refractivity contribution in [3.05, 3.63) is 53.7 Å². The quantitative estimate of drug-likeness (QED) is 0.353. The summed E-state index contributed by atoms with van der Waals surface area (Å²) in [6.07, 6.45) is 1.82. The highest BCUT2D eigenvalue weighted by Crippen LogP contribution is 2.21. The van der Waals surface area contributed by atoms with Crippen LogP contribution in [0.25, 0.3) is 11.3 Å². The molecule has 0 amide bonds. The first-order chi connectivity index (χ1) is 8.22. The maximum atomic E-state index is 5.76. The summed E-state index contributed by atoms with van der Waals surface area (Å²) in [7, 11) is 0. The maximum absolute atomic E-state index is 5.76. The molecular formula is C13H14N4. The molecule has 0 saturated heterocycles.